The SMILES string of the molecule is CCCCN(C)S(=O)(=O)NC(C)c1nc(-c2ccc(F)cc2)no1. The van der Waals surface area contributed by atoms with E-state index in [0.29, 0.717) is 12.1 Å². The Morgan fingerprint density at radius 3 is 2.62 bits per heavy atom. The second-order valence-electron chi connectivity index (χ2n) is 5.48. The third-order valence-electron chi connectivity index (χ3n) is 3.48. The lowest BCUT2D eigenvalue weighted by molar-refractivity contribution is 0.349. The molecular formula is C15H21FN4O3S. The molecule has 1 aromatic heterocycles. The normalized spacial score (nSPS) is 13.4. The average Bonchev–Trinajstić information content (AvgIpc) is 3.03. The van der Waals surface area contributed by atoms with Crippen molar-refractivity contribution in [1.82, 2.24) is 19.2 Å². The van der Waals surface area contributed by atoms with Crippen LogP contribution in [-0.2, 0) is 10.2 Å². The summed E-state index contributed by atoms with van der Waals surface area (Å²) in [5.74, 6) is 0.0517. The molecule has 1 heterocycles. The van der Waals surface area contributed by atoms with Gasteiger partial charge >= 0.3 is 0 Å². The Kier molecular flexibility index (Phi) is 6.03. The molecule has 0 aliphatic rings. The van der Waals surface area contributed by atoms with Crippen LogP contribution >= 0.6 is 0 Å². The number of hydrogen-bond acceptors (Lipinski definition) is 5. The molecule has 1 aromatic carbocycles. The van der Waals surface area contributed by atoms with Gasteiger partial charge in [-0.2, -0.15) is 22.4 Å². The van der Waals surface area contributed by atoms with E-state index in [0.717, 1.165) is 12.8 Å². The van der Waals surface area contributed by atoms with E-state index in [9.17, 15) is 12.8 Å². The Morgan fingerprint density at radius 2 is 2.00 bits per heavy atom. The van der Waals surface area contributed by atoms with Gasteiger partial charge in [0.1, 0.15) is 5.82 Å². The van der Waals surface area contributed by atoms with Crippen molar-refractivity contribution >= 4 is 10.2 Å². The van der Waals surface area contributed by atoms with Crippen LogP contribution in [-0.4, -0.2) is 36.5 Å². The van der Waals surface area contributed by atoms with E-state index in [1.807, 2.05) is 6.92 Å². The third-order valence-corrected chi connectivity index (χ3v) is 5.13. The predicted molar refractivity (Wildman–Crippen MR) is 87.7 cm³/mol. The molecule has 24 heavy (non-hydrogen) atoms. The van der Waals surface area contributed by atoms with Crippen LogP contribution in [0.25, 0.3) is 11.4 Å². The van der Waals surface area contributed by atoms with Crippen LogP contribution in [0.15, 0.2) is 28.8 Å². The van der Waals surface area contributed by atoms with Crippen LogP contribution in [0.1, 0.15) is 38.6 Å². The molecular weight excluding hydrogens is 335 g/mol. The van der Waals surface area contributed by atoms with E-state index in [2.05, 4.69) is 14.9 Å². The summed E-state index contributed by atoms with van der Waals surface area (Å²) < 4.78 is 46.2. The summed E-state index contributed by atoms with van der Waals surface area (Å²) in [5, 5.41) is 3.80. The highest BCUT2D eigenvalue weighted by Crippen LogP contribution is 2.19. The van der Waals surface area contributed by atoms with Crippen molar-refractivity contribution in [3.05, 3.63) is 36.0 Å². The first kappa shape index (κ1) is 18.5. The van der Waals surface area contributed by atoms with Gasteiger partial charge in [-0.3, -0.25) is 0 Å². The van der Waals surface area contributed by atoms with Gasteiger partial charge in [-0.1, -0.05) is 18.5 Å². The van der Waals surface area contributed by atoms with Gasteiger partial charge in [0.05, 0.1) is 6.04 Å². The van der Waals surface area contributed by atoms with Gasteiger partial charge < -0.3 is 4.52 Å². The zero-order valence-electron chi connectivity index (χ0n) is 13.9. The minimum absolute atomic E-state index is 0.141. The second kappa shape index (κ2) is 7.82. The van der Waals surface area contributed by atoms with Gasteiger partial charge in [0.25, 0.3) is 10.2 Å². The van der Waals surface area contributed by atoms with Crippen LogP contribution in [0.4, 0.5) is 4.39 Å². The summed E-state index contributed by atoms with van der Waals surface area (Å²) in [7, 11) is -2.12. The fourth-order valence-corrected chi connectivity index (χ4v) is 3.09. The van der Waals surface area contributed by atoms with Crippen molar-refractivity contribution in [2.75, 3.05) is 13.6 Å². The molecule has 1 unspecified atom stereocenters. The van der Waals surface area contributed by atoms with E-state index in [1.54, 1.807) is 6.92 Å². The Hall–Kier alpha value is -1.84. The molecule has 9 heteroatoms. The highest BCUT2D eigenvalue weighted by atomic mass is 32.2. The molecule has 0 saturated heterocycles. The molecule has 0 aliphatic carbocycles. The van der Waals surface area contributed by atoms with Crippen LogP contribution in [0.2, 0.25) is 0 Å². The van der Waals surface area contributed by atoms with Gasteiger partial charge in [0.2, 0.25) is 11.7 Å². The quantitative estimate of drug-likeness (QED) is 0.785. The summed E-state index contributed by atoms with van der Waals surface area (Å²) in [6.45, 7) is 4.04. The lowest BCUT2D eigenvalue weighted by Gasteiger charge is -2.19. The number of nitrogens with one attached hydrogen (secondary N) is 1. The zero-order chi connectivity index (χ0) is 17.7. The minimum atomic E-state index is -3.63. The Bertz CT molecular complexity index is 761. The molecule has 0 aliphatic heterocycles. The molecule has 7 nitrogen and oxygen atoms in total. The Morgan fingerprint density at radius 1 is 1.33 bits per heavy atom. The molecule has 1 atom stereocenters. The molecule has 0 radical (unpaired) electrons. The van der Waals surface area contributed by atoms with Crippen molar-refractivity contribution in [1.29, 1.82) is 0 Å². The third kappa shape index (κ3) is 4.59. The van der Waals surface area contributed by atoms with Gasteiger partial charge in [-0.15, -0.1) is 0 Å². The van der Waals surface area contributed by atoms with E-state index in [1.165, 1.54) is 35.6 Å². The molecule has 2 rings (SSSR count). The Labute approximate surface area is 141 Å². The van der Waals surface area contributed by atoms with Crippen molar-refractivity contribution in [3.8, 4) is 11.4 Å². The van der Waals surface area contributed by atoms with Crippen molar-refractivity contribution < 1.29 is 17.3 Å². The highest BCUT2D eigenvalue weighted by Gasteiger charge is 2.24. The number of aromatic nitrogens is 2. The Balaban J connectivity index is 2.08. The number of rotatable bonds is 8. The minimum Gasteiger partial charge on any atom is -0.337 e. The molecule has 0 amide bonds. The number of unbranched alkanes of at least 4 members (excludes halogenated alkanes) is 1. The van der Waals surface area contributed by atoms with Crippen molar-refractivity contribution in [3.63, 3.8) is 0 Å². The second-order valence-corrected chi connectivity index (χ2v) is 7.29. The molecule has 0 spiro atoms. The first-order chi connectivity index (χ1) is 11.3. The molecule has 0 fully saturated rings. The number of benzene rings is 1. The van der Waals surface area contributed by atoms with Crippen molar-refractivity contribution in [2.45, 2.75) is 32.7 Å². The molecule has 0 bridgehead atoms. The predicted octanol–water partition coefficient (Wildman–Crippen LogP) is 2.50. The summed E-state index contributed by atoms with van der Waals surface area (Å²) in [6, 6.07) is 4.95. The average molecular weight is 356 g/mol. The molecule has 0 saturated carbocycles. The van der Waals surface area contributed by atoms with E-state index in [-0.39, 0.29) is 17.5 Å². The largest absolute Gasteiger partial charge is 0.337 e. The maximum absolute atomic E-state index is 12.9. The molecule has 132 valence electrons. The highest BCUT2D eigenvalue weighted by molar-refractivity contribution is 7.87. The first-order valence-corrected chi connectivity index (χ1v) is 9.10. The van der Waals surface area contributed by atoms with Crippen molar-refractivity contribution in [2.24, 2.45) is 0 Å². The van der Waals surface area contributed by atoms with Gasteiger partial charge in [0.15, 0.2) is 0 Å². The summed E-state index contributed by atoms with van der Waals surface area (Å²) in [5.41, 5.74) is 0.585. The maximum atomic E-state index is 12.9. The topological polar surface area (TPSA) is 88.3 Å². The van der Waals surface area contributed by atoms with E-state index < -0.39 is 16.3 Å². The molecule has 1 N–H and O–H groups in total. The standard InChI is InChI=1S/C15H21FN4O3S/c1-4-5-10-20(3)24(21,22)19-11(2)15-17-14(18-23-15)12-6-8-13(16)9-7-12/h6-9,11,19H,4-5,10H2,1-3H3. The van der Waals surface area contributed by atoms with Crippen LogP contribution in [0, 0.1) is 5.82 Å². The summed E-state index contributed by atoms with van der Waals surface area (Å²) in [4.78, 5) is 4.17. The number of hydrogen-bond donors (Lipinski definition) is 1. The zero-order valence-corrected chi connectivity index (χ0v) is 14.7. The fraction of sp³-hybridized carbons (Fsp3) is 0.467. The van der Waals surface area contributed by atoms with Gasteiger partial charge in [-0.25, -0.2) is 4.39 Å². The summed E-state index contributed by atoms with van der Waals surface area (Å²) >= 11 is 0. The number of halogens is 1. The monoisotopic (exact) mass is 356 g/mol. The molecule has 2 aromatic rings. The van der Waals surface area contributed by atoms with E-state index >= 15 is 0 Å². The summed E-state index contributed by atoms with van der Waals surface area (Å²) in [6.07, 6.45) is 1.68. The smallest absolute Gasteiger partial charge is 0.279 e. The van der Waals surface area contributed by atoms with Crippen LogP contribution in [0.3, 0.4) is 0 Å². The fourth-order valence-electron chi connectivity index (χ4n) is 1.99. The van der Waals surface area contributed by atoms with Gasteiger partial charge in [0, 0.05) is 19.2 Å². The van der Waals surface area contributed by atoms with Crippen LogP contribution < -0.4 is 4.72 Å². The maximum Gasteiger partial charge on any atom is 0.279 e. The lowest BCUT2D eigenvalue weighted by atomic mass is 10.2. The number of nitrogens with zero attached hydrogens (tertiary/aromatic N) is 3. The van der Waals surface area contributed by atoms with E-state index in [4.69, 9.17) is 4.52 Å². The van der Waals surface area contributed by atoms with Gasteiger partial charge in [-0.05, 0) is 37.6 Å². The van der Waals surface area contributed by atoms with Crippen LogP contribution in [0.5, 0.6) is 0 Å². The first-order valence-electron chi connectivity index (χ1n) is 7.66. The lowest BCUT2D eigenvalue weighted by Crippen LogP contribution is -2.40.